The first-order valence-corrected chi connectivity index (χ1v) is 10.5. The molecule has 4 rings (SSSR count). The Morgan fingerprint density at radius 2 is 1.71 bits per heavy atom. The molecule has 2 aromatic heterocycles. The van der Waals surface area contributed by atoms with Gasteiger partial charge in [-0.2, -0.15) is 9.61 Å². The molecule has 0 atom stereocenters. The van der Waals surface area contributed by atoms with Gasteiger partial charge >= 0.3 is 0 Å². The highest BCUT2D eigenvalue weighted by Crippen LogP contribution is 2.35. The molecule has 0 spiro atoms. The van der Waals surface area contributed by atoms with Crippen LogP contribution < -0.4 is 14.8 Å². The van der Waals surface area contributed by atoms with E-state index in [2.05, 4.69) is 29.6 Å². The van der Waals surface area contributed by atoms with Gasteiger partial charge in [0.2, 0.25) is 0 Å². The highest BCUT2D eigenvalue weighted by molar-refractivity contribution is 5.82. The van der Waals surface area contributed by atoms with Gasteiger partial charge in [0.05, 0.1) is 19.9 Å². The average Bonchev–Trinajstić information content (AvgIpc) is 3.12. The van der Waals surface area contributed by atoms with Crippen LogP contribution in [-0.2, 0) is 6.42 Å². The predicted octanol–water partition coefficient (Wildman–Crippen LogP) is 5.08. The van der Waals surface area contributed by atoms with Gasteiger partial charge in [0.1, 0.15) is 5.82 Å². The van der Waals surface area contributed by atoms with Crippen LogP contribution in [0.25, 0.3) is 16.8 Å². The molecule has 1 N–H and O–H groups in total. The second-order valence-electron chi connectivity index (χ2n) is 7.56. The summed E-state index contributed by atoms with van der Waals surface area (Å²) in [5.74, 6) is 2.33. The van der Waals surface area contributed by atoms with Gasteiger partial charge in [-0.3, -0.25) is 0 Å². The van der Waals surface area contributed by atoms with Crippen LogP contribution in [0.2, 0.25) is 0 Å². The van der Waals surface area contributed by atoms with Crippen molar-refractivity contribution in [3.8, 4) is 22.6 Å². The number of hydrogen-bond donors (Lipinski definition) is 1. The Labute approximate surface area is 182 Å². The lowest BCUT2D eigenvalue weighted by molar-refractivity contribution is 0.355. The quantitative estimate of drug-likeness (QED) is 0.406. The molecule has 0 unspecified atom stereocenters. The molecule has 6 nitrogen and oxygen atoms in total. The van der Waals surface area contributed by atoms with Crippen molar-refractivity contribution >= 4 is 11.5 Å². The number of benzene rings is 2. The Morgan fingerprint density at radius 3 is 2.45 bits per heavy atom. The number of fused-ring (bicyclic) bond motifs is 1. The molecule has 0 aliphatic rings. The van der Waals surface area contributed by atoms with Crippen LogP contribution in [0, 0.1) is 13.8 Å². The maximum Gasteiger partial charge on any atom is 0.165 e. The van der Waals surface area contributed by atoms with E-state index in [1.54, 1.807) is 14.2 Å². The van der Waals surface area contributed by atoms with Gasteiger partial charge in [-0.15, -0.1) is 0 Å². The van der Waals surface area contributed by atoms with E-state index in [1.807, 2.05) is 48.7 Å². The molecule has 160 valence electrons. The van der Waals surface area contributed by atoms with Gasteiger partial charge in [0, 0.05) is 23.9 Å². The number of methoxy groups -OCH3 is 2. The third kappa shape index (κ3) is 4.33. The number of nitrogens with zero attached hydrogens (tertiary/aromatic N) is 3. The van der Waals surface area contributed by atoms with Crippen molar-refractivity contribution in [2.45, 2.75) is 26.7 Å². The molecule has 0 saturated carbocycles. The van der Waals surface area contributed by atoms with E-state index in [-0.39, 0.29) is 0 Å². The Morgan fingerprint density at radius 1 is 0.935 bits per heavy atom. The standard InChI is InChI=1S/C25H28N4O2/c1-17-15-23(26-14-8-11-19-9-6-5-7-10-19)29-25(27-17)24(18(2)28-29)20-12-13-21(30-3)22(16-20)31-4/h5-7,9-10,12-13,15-16,26H,8,11,14H2,1-4H3. The molecule has 0 aliphatic heterocycles. The van der Waals surface area contributed by atoms with E-state index in [4.69, 9.17) is 19.6 Å². The van der Waals surface area contributed by atoms with Gasteiger partial charge < -0.3 is 14.8 Å². The highest BCUT2D eigenvalue weighted by atomic mass is 16.5. The van der Waals surface area contributed by atoms with Crippen LogP contribution in [0.4, 0.5) is 5.82 Å². The maximum atomic E-state index is 5.49. The first-order valence-electron chi connectivity index (χ1n) is 10.5. The normalized spacial score (nSPS) is 11.0. The molecule has 0 amide bonds. The molecule has 6 heteroatoms. The van der Waals surface area contributed by atoms with E-state index in [9.17, 15) is 0 Å². The van der Waals surface area contributed by atoms with Gasteiger partial charge in [-0.25, -0.2) is 4.98 Å². The Hall–Kier alpha value is -3.54. The molecule has 0 aliphatic carbocycles. The largest absolute Gasteiger partial charge is 0.493 e. The minimum Gasteiger partial charge on any atom is -0.493 e. The van der Waals surface area contributed by atoms with Crippen LogP contribution in [0.5, 0.6) is 11.5 Å². The Kier molecular flexibility index (Phi) is 6.07. The minimum atomic E-state index is 0.686. The smallest absolute Gasteiger partial charge is 0.165 e. The van der Waals surface area contributed by atoms with Gasteiger partial charge in [-0.05, 0) is 49.9 Å². The lowest BCUT2D eigenvalue weighted by Crippen LogP contribution is -2.09. The molecule has 0 radical (unpaired) electrons. The van der Waals surface area contributed by atoms with Crippen LogP contribution in [0.1, 0.15) is 23.4 Å². The topological polar surface area (TPSA) is 60.7 Å². The zero-order chi connectivity index (χ0) is 21.8. The van der Waals surface area contributed by atoms with Gasteiger partial charge in [-0.1, -0.05) is 36.4 Å². The molecule has 2 heterocycles. The molecular weight excluding hydrogens is 388 g/mol. The third-order valence-electron chi connectivity index (χ3n) is 5.36. The Bertz CT molecular complexity index is 1190. The molecule has 4 aromatic rings. The van der Waals surface area contributed by atoms with Crippen LogP contribution in [-0.4, -0.2) is 35.4 Å². The lowest BCUT2D eigenvalue weighted by atomic mass is 10.1. The summed E-state index contributed by atoms with van der Waals surface area (Å²) < 4.78 is 12.8. The fourth-order valence-electron chi connectivity index (χ4n) is 3.85. The molecular formula is C25H28N4O2. The number of ether oxygens (including phenoxy) is 2. The van der Waals surface area contributed by atoms with Crippen LogP contribution >= 0.6 is 0 Å². The molecule has 0 fully saturated rings. The summed E-state index contributed by atoms with van der Waals surface area (Å²) in [7, 11) is 3.28. The monoisotopic (exact) mass is 416 g/mol. The third-order valence-corrected chi connectivity index (χ3v) is 5.36. The summed E-state index contributed by atoms with van der Waals surface area (Å²) in [6, 6.07) is 18.5. The SMILES string of the molecule is COc1ccc(-c2c(C)nn3c(NCCCc4ccccc4)cc(C)nc23)cc1OC. The molecule has 0 bridgehead atoms. The summed E-state index contributed by atoms with van der Waals surface area (Å²) in [5, 5.41) is 8.33. The van der Waals surface area contributed by atoms with E-state index in [1.165, 1.54) is 5.56 Å². The number of rotatable bonds is 8. The summed E-state index contributed by atoms with van der Waals surface area (Å²) in [6.45, 7) is 4.88. The van der Waals surface area contributed by atoms with Crippen molar-refractivity contribution in [1.29, 1.82) is 0 Å². The minimum absolute atomic E-state index is 0.686. The first-order chi connectivity index (χ1) is 15.1. The second kappa shape index (κ2) is 9.08. The maximum absolute atomic E-state index is 5.49. The summed E-state index contributed by atoms with van der Waals surface area (Å²) in [4.78, 5) is 4.80. The van der Waals surface area contributed by atoms with Crippen LogP contribution in [0.15, 0.2) is 54.6 Å². The van der Waals surface area contributed by atoms with Gasteiger partial charge in [0.15, 0.2) is 17.1 Å². The fraction of sp³-hybridized carbons (Fsp3) is 0.280. The number of aryl methyl sites for hydroxylation is 3. The number of anilines is 1. The number of hydrogen-bond acceptors (Lipinski definition) is 5. The van der Waals surface area contributed by atoms with Crippen molar-refractivity contribution in [3.05, 3.63) is 71.5 Å². The molecule has 0 saturated heterocycles. The zero-order valence-electron chi connectivity index (χ0n) is 18.5. The van der Waals surface area contributed by atoms with E-state index in [0.29, 0.717) is 11.5 Å². The number of aromatic nitrogens is 3. The number of nitrogens with one attached hydrogen (secondary N) is 1. The first kappa shape index (κ1) is 20.7. The van der Waals surface area contributed by atoms with E-state index in [0.717, 1.165) is 53.4 Å². The van der Waals surface area contributed by atoms with Gasteiger partial charge in [0.25, 0.3) is 0 Å². The fourth-order valence-corrected chi connectivity index (χ4v) is 3.85. The second-order valence-corrected chi connectivity index (χ2v) is 7.56. The molecule has 2 aromatic carbocycles. The highest BCUT2D eigenvalue weighted by Gasteiger charge is 2.17. The van der Waals surface area contributed by atoms with E-state index < -0.39 is 0 Å². The average molecular weight is 417 g/mol. The summed E-state index contributed by atoms with van der Waals surface area (Å²) >= 11 is 0. The summed E-state index contributed by atoms with van der Waals surface area (Å²) in [6.07, 6.45) is 2.08. The lowest BCUT2D eigenvalue weighted by Gasteiger charge is -2.11. The zero-order valence-corrected chi connectivity index (χ0v) is 18.5. The van der Waals surface area contributed by atoms with Crippen molar-refractivity contribution in [3.63, 3.8) is 0 Å². The van der Waals surface area contributed by atoms with Crippen molar-refractivity contribution in [2.24, 2.45) is 0 Å². The van der Waals surface area contributed by atoms with Crippen LogP contribution in [0.3, 0.4) is 0 Å². The van der Waals surface area contributed by atoms with E-state index >= 15 is 0 Å². The Balaban J connectivity index is 1.62. The summed E-state index contributed by atoms with van der Waals surface area (Å²) in [5.41, 5.74) is 6.04. The predicted molar refractivity (Wildman–Crippen MR) is 124 cm³/mol. The van der Waals surface area contributed by atoms with Crippen molar-refractivity contribution < 1.29 is 9.47 Å². The molecule has 31 heavy (non-hydrogen) atoms. The van der Waals surface area contributed by atoms with Crippen molar-refractivity contribution in [1.82, 2.24) is 14.6 Å². The van der Waals surface area contributed by atoms with Crippen molar-refractivity contribution in [2.75, 3.05) is 26.1 Å².